The third-order valence-corrected chi connectivity index (χ3v) is 3.21. The number of nitrogens with one attached hydrogen (secondary N) is 1. The maximum Gasteiger partial charge on any atom is 0.0393 e. The van der Waals surface area contributed by atoms with Gasteiger partial charge < -0.3 is 10.2 Å². The second-order valence-corrected chi connectivity index (χ2v) is 4.79. The van der Waals surface area contributed by atoms with Gasteiger partial charge >= 0.3 is 0 Å². The molecule has 0 bridgehead atoms. The van der Waals surface area contributed by atoms with Crippen molar-refractivity contribution in [2.75, 3.05) is 25.0 Å². The summed E-state index contributed by atoms with van der Waals surface area (Å²) in [5.41, 5.74) is 2.72. The fraction of sp³-hybridized carbons (Fsp3) is 0.571. The number of para-hydroxylation sites is 1. The van der Waals surface area contributed by atoms with E-state index in [0.29, 0.717) is 0 Å². The molecule has 2 heteroatoms. The number of benzene rings is 1. The molecule has 1 aliphatic carbocycles. The second-order valence-electron chi connectivity index (χ2n) is 4.79. The molecule has 88 valence electrons. The monoisotopic (exact) mass is 218 g/mol. The van der Waals surface area contributed by atoms with Crippen molar-refractivity contribution in [2.24, 2.45) is 0 Å². The summed E-state index contributed by atoms with van der Waals surface area (Å²) >= 11 is 0. The van der Waals surface area contributed by atoms with E-state index in [9.17, 15) is 0 Å². The van der Waals surface area contributed by atoms with Crippen molar-refractivity contribution in [2.45, 2.75) is 32.2 Å². The molecule has 1 aliphatic rings. The van der Waals surface area contributed by atoms with Crippen LogP contribution in [0.2, 0.25) is 0 Å². The molecule has 2 nitrogen and oxygen atoms in total. The maximum absolute atomic E-state index is 3.55. The minimum Gasteiger partial charge on any atom is -0.374 e. The van der Waals surface area contributed by atoms with Gasteiger partial charge in [0.2, 0.25) is 0 Å². The van der Waals surface area contributed by atoms with E-state index in [1.54, 1.807) is 0 Å². The quantitative estimate of drug-likeness (QED) is 0.738. The highest BCUT2D eigenvalue weighted by molar-refractivity contribution is 5.52. The Morgan fingerprint density at radius 2 is 2.06 bits per heavy atom. The van der Waals surface area contributed by atoms with Crippen LogP contribution in [0.5, 0.6) is 0 Å². The molecule has 1 aromatic rings. The van der Waals surface area contributed by atoms with Crippen molar-refractivity contribution >= 4 is 5.69 Å². The average molecular weight is 218 g/mol. The van der Waals surface area contributed by atoms with E-state index in [2.05, 4.69) is 48.5 Å². The zero-order valence-electron chi connectivity index (χ0n) is 10.4. The lowest BCUT2D eigenvalue weighted by Gasteiger charge is -2.21. The molecule has 0 atom stereocenters. The van der Waals surface area contributed by atoms with Crippen LogP contribution in [0.1, 0.15) is 24.8 Å². The fourth-order valence-electron chi connectivity index (χ4n) is 2.02. The van der Waals surface area contributed by atoms with E-state index < -0.39 is 0 Å². The zero-order valence-corrected chi connectivity index (χ0v) is 10.4. The lowest BCUT2D eigenvalue weighted by atomic mass is 10.2. The highest BCUT2D eigenvalue weighted by Gasteiger charge is 2.19. The summed E-state index contributed by atoms with van der Waals surface area (Å²) in [6.45, 7) is 4.46. The van der Waals surface area contributed by atoms with Crippen LogP contribution in [0.4, 0.5) is 5.69 Å². The van der Waals surface area contributed by atoms with E-state index in [0.717, 1.165) is 19.1 Å². The van der Waals surface area contributed by atoms with E-state index in [1.807, 2.05) is 0 Å². The topological polar surface area (TPSA) is 15.3 Å². The average Bonchev–Trinajstić information content (AvgIpc) is 3.08. The Morgan fingerprint density at radius 3 is 2.75 bits per heavy atom. The van der Waals surface area contributed by atoms with E-state index in [1.165, 1.54) is 30.5 Å². The molecule has 1 saturated carbocycles. The van der Waals surface area contributed by atoms with Crippen molar-refractivity contribution < 1.29 is 0 Å². The molecular formula is C14H22N2. The third kappa shape index (κ3) is 3.24. The molecule has 0 aromatic heterocycles. The van der Waals surface area contributed by atoms with Gasteiger partial charge in [-0.1, -0.05) is 18.2 Å². The van der Waals surface area contributed by atoms with Crippen LogP contribution in [0.3, 0.4) is 0 Å². The zero-order chi connectivity index (χ0) is 11.4. The Morgan fingerprint density at radius 1 is 1.31 bits per heavy atom. The molecule has 0 aliphatic heterocycles. The molecule has 0 heterocycles. The van der Waals surface area contributed by atoms with Gasteiger partial charge in [-0.15, -0.1) is 0 Å². The first-order valence-electron chi connectivity index (χ1n) is 6.27. The molecule has 0 amide bonds. The van der Waals surface area contributed by atoms with Gasteiger partial charge in [0.15, 0.2) is 0 Å². The van der Waals surface area contributed by atoms with Crippen molar-refractivity contribution in [1.29, 1.82) is 0 Å². The smallest absolute Gasteiger partial charge is 0.0393 e. The molecule has 1 N–H and O–H groups in total. The molecule has 16 heavy (non-hydrogen) atoms. The van der Waals surface area contributed by atoms with Crippen LogP contribution in [0, 0.1) is 6.92 Å². The summed E-state index contributed by atoms with van der Waals surface area (Å²) in [5.74, 6) is 0. The second kappa shape index (κ2) is 5.35. The predicted octanol–water partition coefficient (Wildman–Crippen LogP) is 2.57. The standard InChI is InChI=1S/C14H22N2/c1-12-6-3-4-7-14(12)16(2)11-5-10-15-13-8-9-13/h3-4,6-7,13,15H,5,8-11H2,1-2H3. The van der Waals surface area contributed by atoms with Crippen LogP contribution in [-0.2, 0) is 0 Å². The SMILES string of the molecule is Cc1ccccc1N(C)CCCNC1CC1. The molecule has 0 spiro atoms. The van der Waals surface area contributed by atoms with E-state index in [-0.39, 0.29) is 0 Å². The minimum atomic E-state index is 0.837. The summed E-state index contributed by atoms with van der Waals surface area (Å²) in [7, 11) is 2.18. The van der Waals surface area contributed by atoms with Crippen molar-refractivity contribution in [3.05, 3.63) is 29.8 Å². The molecule has 0 unspecified atom stereocenters. The third-order valence-electron chi connectivity index (χ3n) is 3.21. The van der Waals surface area contributed by atoms with Gasteiger partial charge in [0.25, 0.3) is 0 Å². The molecular weight excluding hydrogens is 196 g/mol. The van der Waals surface area contributed by atoms with Crippen LogP contribution >= 0.6 is 0 Å². The summed E-state index contributed by atoms with van der Waals surface area (Å²) in [5, 5.41) is 3.55. The van der Waals surface area contributed by atoms with E-state index in [4.69, 9.17) is 0 Å². The van der Waals surface area contributed by atoms with Gasteiger partial charge in [-0.05, 0) is 44.4 Å². The fourth-order valence-corrected chi connectivity index (χ4v) is 2.02. The number of anilines is 1. The molecule has 0 radical (unpaired) electrons. The minimum absolute atomic E-state index is 0.837. The first-order valence-corrected chi connectivity index (χ1v) is 6.27. The number of hydrogen-bond acceptors (Lipinski definition) is 2. The van der Waals surface area contributed by atoms with Gasteiger partial charge in [-0.2, -0.15) is 0 Å². The first-order chi connectivity index (χ1) is 7.77. The number of hydrogen-bond donors (Lipinski definition) is 1. The van der Waals surface area contributed by atoms with E-state index >= 15 is 0 Å². The van der Waals surface area contributed by atoms with Gasteiger partial charge in [0.05, 0.1) is 0 Å². The summed E-state index contributed by atoms with van der Waals surface area (Å²) in [6, 6.07) is 9.42. The number of rotatable bonds is 6. The van der Waals surface area contributed by atoms with Crippen LogP contribution in [0.15, 0.2) is 24.3 Å². The molecule has 0 saturated heterocycles. The maximum atomic E-state index is 3.55. The molecule has 1 fully saturated rings. The summed E-state index contributed by atoms with van der Waals surface area (Å²) < 4.78 is 0. The van der Waals surface area contributed by atoms with Crippen LogP contribution in [-0.4, -0.2) is 26.2 Å². The predicted molar refractivity (Wildman–Crippen MR) is 70.1 cm³/mol. The summed E-state index contributed by atoms with van der Waals surface area (Å²) in [4.78, 5) is 2.35. The lowest BCUT2D eigenvalue weighted by Crippen LogP contribution is -2.25. The molecule has 1 aromatic carbocycles. The Labute approximate surface area is 98.7 Å². The van der Waals surface area contributed by atoms with Gasteiger partial charge in [0, 0.05) is 25.3 Å². The lowest BCUT2D eigenvalue weighted by molar-refractivity contribution is 0.642. The highest BCUT2D eigenvalue weighted by Crippen LogP contribution is 2.19. The van der Waals surface area contributed by atoms with Crippen molar-refractivity contribution in [3.8, 4) is 0 Å². The highest BCUT2D eigenvalue weighted by atomic mass is 15.1. The Balaban J connectivity index is 1.73. The van der Waals surface area contributed by atoms with Gasteiger partial charge in [-0.3, -0.25) is 0 Å². The van der Waals surface area contributed by atoms with Crippen LogP contribution in [0.25, 0.3) is 0 Å². The van der Waals surface area contributed by atoms with Crippen LogP contribution < -0.4 is 10.2 Å². The first kappa shape index (κ1) is 11.5. The van der Waals surface area contributed by atoms with Crippen molar-refractivity contribution in [1.82, 2.24) is 5.32 Å². The van der Waals surface area contributed by atoms with Gasteiger partial charge in [0.1, 0.15) is 0 Å². The van der Waals surface area contributed by atoms with Gasteiger partial charge in [-0.25, -0.2) is 0 Å². The largest absolute Gasteiger partial charge is 0.374 e. The van der Waals surface area contributed by atoms with Crippen molar-refractivity contribution in [3.63, 3.8) is 0 Å². The number of aryl methyl sites for hydroxylation is 1. The Bertz CT molecular complexity index is 331. The number of nitrogens with zero attached hydrogens (tertiary/aromatic N) is 1. The normalized spacial score (nSPS) is 15.1. The molecule has 2 rings (SSSR count). The summed E-state index contributed by atoms with van der Waals surface area (Å²) in [6.07, 6.45) is 3.99. The Hall–Kier alpha value is -1.02. The Kier molecular flexibility index (Phi) is 3.83.